The molecular formula is C13H18N2O2. The number of hydrogen-bond donors (Lipinski definition) is 0. The number of amides is 1. The van der Waals surface area contributed by atoms with Crippen LogP contribution >= 0.6 is 0 Å². The van der Waals surface area contributed by atoms with E-state index in [1.165, 1.54) is 19.3 Å². The Balaban J connectivity index is 1.76. The Hall–Kier alpha value is -1.32. The van der Waals surface area contributed by atoms with Crippen molar-refractivity contribution < 1.29 is 9.32 Å². The summed E-state index contributed by atoms with van der Waals surface area (Å²) in [5.41, 5.74) is 0.466. The molecule has 0 spiro atoms. The number of rotatable bonds is 2. The van der Waals surface area contributed by atoms with Crippen molar-refractivity contribution in [2.75, 3.05) is 6.54 Å². The van der Waals surface area contributed by atoms with Crippen LogP contribution in [0.25, 0.3) is 0 Å². The molecule has 2 heterocycles. The van der Waals surface area contributed by atoms with Crippen molar-refractivity contribution in [2.24, 2.45) is 5.92 Å². The molecule has 17 heavy (non-hydrogen) atoms. The number of hydrogen-bond acceptors (Lipinski definition) is 3. The van der Waals surface area contributed by atoms with Gasteiger partial charge in [0, 0.05) is 18.7 Å². The zero-order valence-electron chi connectivity index (χ0n) is 10.2. The molecule has 0 radical (unpaired) electrons. The highest BCUT2D eigenvalue weighted by molar-refractivity contribution is 5.92. The standard InChI is InChI=1S/C13H18N2O2/c1-9-8-11(14-17-9)13(16)15-7-3-6-12(15)10-4-2-5-10/h8,10,12H,2-7H2,1H3/t12-/m0/s1. The first kappa shape index (κ1) is 10.8. The smallest absolute Gasteiger partial charge is 0.276 e. The van der Waals surface area contributed by atoms with Gasteiger partial charge in [-0.05, 0) is 38.5 Å². The largest absolute Gasteiger partial charge is 0.361 e. The van der Waals surface area contributed by atoms with Crippen molar-refractivity contribution in [1.82, 2.24) is 10.1 Å². The summed E-state index contributed by atoms with van der Waals surface area (Å²) in [6.45, 7) is 2.70. The third-order valence-corrected chi connectivity index (χ3v) is 4.10. The van der Waals surface area contributed by atoms with Crippen molar-refractivity contribution in [3.8, 4) is 0 Å². The Morgan fingerprint density at radius 3 is 2.82 bits per heavy atom. The fourth-order valence-electron chi connectivity index (χ4n) is 2.97. The molecule has 1 amide bonds. The van der Waals surface area contributed by atoms with Gasteiger partial charge in [0.2, 0.25) is 0 Å². The lowest BCUT2D eigenvalue weighted by Crippen LogP contribution is -2.42. The first-order chi connectivity index (χ1) is 8.25. The molecule has 2 aliphatic rings. The van der Waals surface area contributed by atoms with Gasteiger partial charge in [-0.3, -0.25) is 4.79 Å². The Morgan fingerprint density at radius 2 is 2.24 bits per heavy atom. The fourth-order valence-corrected chi connectivity index (χ4v) is 2.97. The molecule has 1 atom stereocenters. The van der Waals surface area contributed by atoms with Crippen molar-refractivity contribution in [3.05, 3.63) is 17.5 Å². The highest BCUT2D eigenvalue weighted by Crippen LogP contribution is 2.37. The molecule has 0 bridgehead atoms. The van der Waals surface area contributed by atoms with Crippen LogP contribution in [0.1, 0.15) is 48.4 Å². The number of aryl methyl sites for hydroxylation is 1. The number of carbonyl (C=O) groups is 1. The van der Waals surface area contributed by atoms with E-state index in [0.717, 1.165) is 25.3 Å². The average Bonchev–Trinajstić information content (AvgIpc) is 2.84. The van der Waals surface area contributed by atoms with E-state index in [2.05, 4.69) is 5.16 Å². The fraction of sp³-hybridized carbons (Fsp3) is 0.692. The Morgan fingerprint density at radius 1 is 1.41 bits per heavy atom. The predicted molar refractivity (Wildman–Crippen MR) is 62.6 cm³/mol. The van der Waals surface area contributed by atoms with Crippen LogP contribution in [0.3, 0.4) is 0 Å². The van der Waals surface area contributed by atoms with E-state index in [-0.39, 0.29) is 5.91 Å². The SMILES string of the molecule is Cc1cc(C(=O)N2CCC[C@H]2C2CCC2)no1. The molecule has 1 saturated heterocycles. The molecule has 3 rings (SSSR count). The minimum atomic E-state index is 0.0521. The topological polar surface area (TPSA) is 46.3 Å². The molecule has 92 valence electrons. The molecule has 1 aromatic rings. The highest BCUT2D eigenvalue weighted by Gasteiger charge is 2.38. The number of carbonyl (C=O) groups excluding carboxylic acids is 1. The second-order valence-corrected chi connectivity index (χ2v) is 5.22. The van der Waals surface area contributed by atoms with Gasteiger partial charge < -0.3 is 9.42 Å². The van der Waals surface area contributed by atoms with Crippen LogP contribution in [-0.2, 0) is 0 Å². The third-order valence-electron chi connectivity index (χ3n) is 4.10. The van der Waals surface area contributed by atoms with E-state index < -0.39 is 0 Å². The first-order valence-electron chi connectivity index (χ1n) is 6.50. The average molecular weight is 234 g/mol. The summed E-state index contributed by atoms with van der Waals surface area (Å²) in [7, 11) is 0. The predicted octanol–water partition coefficient (Wildman–Crippen LogP) is 2.39. The van der Waals surface area contributed by atoms with Gasteiger partial charge in [-0.2, -0.15) is 0 Å². The summed E-state index contributed by atoms with van der Waals surface area (Å²) < 4.78 is 4.98. The Bertz CT molecular complexity index is 423. The van der Waals surface area contributed by atoms with Crippen molar-refractivity contribution in [3.63, 3.8) is 0 Å². The zero-order chi connectivity index (χ0) is 11.8. The molecule has 1 aromatic heterocycles. The molecule has 0 unspecified atom stereocenters. The zero-order valence-corrected chi connectivity index (χ0v) is 10.2. The van der Waals surface area contributed by atoms with Gasteiger partial charge in [0.15, 0.2) is 5.69 Å². The summed E-state index contributed by atoms with van der Waals surface area (Å²) in [5.74, 6) is 1.48. The third kappa shape index (κ3) is 1.85. The molecule has 0 aromatic carbocycles. The summed E-state index contributed by atoms with van der Waals surface area (Å²) >= 11 is 0. The minimum absolute atomic E-state index is 0.0521. The quantitative estimate of drug-likeness (QED) is 0.789. The second kappa shape index (κ2) is 4.17. The molecule has 1 aliphatic heterocycles. The van der Waals surface area contributed by atoms with E-state index in [9.17, 15) is 4.79 Å². The Labute approximate surface area is 101 Å². The maximum Gasteiger partial charge on any atom is 0.276 e. The van der Waals surface area contributed by atoms with Gasteiger partial charge in [0.1, 0.15) is 5.76 Å². The summed E-state index contributed by atoms with van der Waals surface area (Å²) in [6.07, 6.45) is 6.18. The van der Waals surface area contributed by atoms with Crippen molar-refractivity contribution in [1.29, 1.82) is 0 Å². The summed E-state index contributed by atoms with van der Waals surface area (Å²) in [6, 6.07) is 2.19. The van der Waals surface area contributed by atoms with E-state index >= 15 is 0 Å². The van der Waals surface area contributed by atoms with Gasteiger partial charge in [-0.15, -0.1) is 0 Å². The van der Waals surface area contributed by atoms with Crippen LogP contribution in [0.5, 0.6) is 0 Å². The second-order valence-electron chi connectivity index (χ2n) is 5.22. The first-order valence-corrected chi connectivity index (χ1v) is 6.50. The molecule has 1 saturated carbocycles. The lowest BCUT2D eigenvalue weighted by molar-refractivity contribution is 0.0616. The van der Waals surface area contributed by atoms with Crippen LogP contribution in [0.15, 0.2) is 10.6 Å². The van der Waals surface area contributed by atoms with Crippen LogP contribution in [0, 0.1) is 12.8 Å². The van der Waals surface area contributed by atoms with Crippen LogP contribution in [0.4, 0.5) is 0 Å². The van der Waals surface area contributed by atoms with Gasteiger partial charge in [-0.1, -0.05) is 11.6 Å². The van der Waals surface area contributed by atoms with Gasteiger partial charge in [0.25, 0.3) is 5.91 Å². The lowest BCUT2D eigenvalue weighted by atomic mass is 9.79. The van der Waals surface area contributed by atoms with E-state index in [1.54, 1.807) is 6.07 Å². The van der Waals surface area contributed by atoms with Crippen molar-refractivity contribution >= 4 is 5.91 Å². The van der Waals surface area contributed by atoms with Gasteiger partial charge in [0.05, 0.1) is 0 Å². The molecule has 4 heteroatoms. The van der Waals surface area contributed by atoms with Crippen LogP contribution in [0.2, 0.25) is 0 Å². The van der Waals surface area contributed by atoms with E-state index in [4.69, 9.17) is 4.52 Å². The van der Waals surface area contributed by atoms with Crippen molar-refractivity contribution in [2.45, 2.75) is 45.1 Å². The monoisotopic (exact) mass is 234 g/mol. The number of nitrogens with zero attached hydrogens (tertiary/aromatic N) is 2. The number of likely N-dealkylation sites (tertiary alicyclic amines) is 1. The lowest BCUT2D eigenvalue weighted by Gasteiger charge is -2.36. The Kier molecular flexibility index (Phi) is 2.65. The molecule has 2 fully saturated rings. The maximum atomic E-state index is 12.3. The summed E-state index contributed by atoms with van der Waals surface area (Å²) in [5, 5.41) is 3.83. The van der Waals surface area contributed by atoms with E-state index in [0.29, 0.717) is 17.5 Å². The molecule has 1 aliphatic carbocycles. The van der Waals surface area contributed by atoms with Gasteiger partial charge >= 0.3 is 0 Å². The maximum absolute atomic E-state index is 12.3. The number of aromatic nitrogens is 1. The highest BCUT2D eigenvalue weighted by atomic mass is 16.5. The molecule has 0 N–H and O–H groups in total. The van der Waals surface area contributed by atoms with Gasteiger partial charge in [-0.25, -0.2) is 0 Å². The van der Waals surface area contributed by atoms with E-state index in [1.807, 2.05) is 11.8 Å². The van der Waals surface area contributed by atoms with Crippen LogP contribution < -0.4 is 0 Å². The molecule has 4 nitrogen and oxygen atoms in total. The normalized spacial score (nSPS) is 25.0. The molecular weight excluding hydrogens is 216 g/mol. The summed E-state index contributed by atoms with van der Waals surface area (Å²) in [4.78, 5) is 14.3. The minimum Gasteiger partial charge on any atom is -0.361 e. The van der Waals surface area contributed by atoms with Crippen LogP contribution in [-0.4, -0.2) is 28.6 Å².